The van der Waals surface area contributed by atoms with Gasteiger partial charge in [-0.15, -0.1) is 0 Å². The fourth-order valence-corrected chi connectivity index (χ4v) is 3.04. The largest absolute Gasteiger partial charge is 0.493 e. The summed E-state index contributed by atoms with van der Waals surface area (Å²) in [6.07, 6.45) is 6.03. The molecule has 28 heavy (non-hydrogen) atoms. The molecule has 0 bridgehead atoms. The summed E-state index contributed by atoms with van der Waals surface area (Å²) in [7, 11) is 3.22. The topological polar surface area (TPSA) is 56.8 Å². The van der Waals surface area contributed by atoms with Gasteiger partial charge < -0.3 is 19.5 Å². The first-order valence-electron chi connectivity index (χ1n) is 9.25. The highest BCUT2D eigenvalue weighted by molar-refractivity contribution is 5.88. The van der Waals surface area contributed by atoms with Crippen molar-refractivity contribution in [3.8, 4) is 17.2 Å². The van der Waals surface area contributed by atoms with Gasteiger partial charge >= 0.3 is 0 Å². The molecule has 0 saturated heterocycles. The fraction of sp³-hybridized carbons (Fsp3) is 0.261. The lowest BCUT2D eigenvalue weighted by Gasteiger charge is -2.22. The molecule has 0 aliphatic carbocycles. The number of carbonyl (C=O) groups excluding carboxylic acids is 1. The first-order chi connectivity index (χ1) is 13.6. The smallest absolute Gasteiger partial charge is 0.244 e. The molecule has 0 fully saturated rings. The molecule has 2 aromatic carbocycles. The number of para-hydroxylation sites is 1. The number of benzene rings is 2. The highest BCUT2D eigenvalue weighted by atomic mass is 16.5. The number of amides is 1. The summed E-state index contributed by atoms with van der Waals surface area (Å²) in [5.74, 6) is 2.11. The quantitative estimate of drug-likeness (QED) is 0.744. The van der Waals surface area contributed by atoms with Crippen molar-refractivity contribution in [1.29, 1.82) is 0 Å². The molecular weight excluding hydrogens is 354 g/mol. The van der Waals surface area contributed by atoms with Gasteiger partial charge in [0, 0.05) is 18.2 Å². The minimum absolute atomic E-state index is 0.0919. The average molecular weight is 379 g/mol. The van der Waals surface area contributed by atoms with Gasteiger partial charge in [-0.3, -0.25) is 4.79 Å². The van der Waals surface area contributed by atoms with Crippen LogP contribution in [0.2, 0.25) is 0 Å². The van der Waals surface area contributed by atoms with Crippen molar-refractivity contribution < 1.29 is 19.0 Å². The summed E-state index contributed by atoms with van der Waals surface area (Å²) in [6, 6.07) is 13.6. The van der Waals surface area contributed by atoms with Crippen LogP contribution in [0.3, 0.4) is 0 Å². The zero-order valence-corrected chi connectivity index (χ0v) is 16.4. The minimum Gasteiger partial charge on any atom is -0.493 e. The lowest BCUT2D eigenvalue weighted by molar-refractivity contribution is -0.116. The number of ether oxygens (including phenoxy) is 3. The van der Waals surface area contributed by atoms with Crippen molar-refractivity contribution in [2.24, 2.45) is 0 Å². The Balaban J connectivity index is 1.54. The Morgan fingerprint density at radius 3 is 2.71 bits per heavy atom. The van der Waals surface area contributed by atoms with Crippen molar-refractivity contribution in [3.05, 3.63) is 71.3 Å². The average Bonchev–Trinajstić information content (AvgIpc) is 2.72. The first kappa shape index (κ1) is 19.5. The molecule has 5 nitrogen and oxygen atoms in total. The van der Waals surface area contributed by atoms with E-state index in [4.69, 9.17) is 14.2 Å². The van der Waals surface area contributed by atoms with Crippen LogP contribution >= 0.6 is 0 Å². The van der Waals surface area contributed by atoms with Crippen LogP contribution in [-0.4, -0.2) is 32.8 Å². The number of nitrogens with one attached hydrogen (secondary N) is 1. The predicted molar refractivity (Wildman–Crippen MR) is 110 cm³/mol. The Morgan fingerprint density at radius 2 is 1.93 bits per heavy atom. The molecule has 0 aromatic heterocycles. The summed E-state index contributed by atoms with van der Waals surface area (Å²) < 4.78 is 16.4. The zero-order chi connectivity index (χ0) is 19.9. The molecular formula is C23H25NO4. The van der Waals surface area contributed by atoms with Gasteiger partial charge in [0.15, 0.2) is 11.5 Å². The summed E-state index contributed by atoms with van der Waals surface area (Å²) in [6.45, 7) is 2.51. The highest BCUT2D eigenvalue weighted by Gasteiger charge is 2.16. The van der Waals surface area contributed by atoms with E-state index >= 15 is 0 Å². The van der Waals surface area contributed by atoms with Crippen molar-refractivity contribution in [2.75, 3.05) is 20.8 Å². The zero-order valence-electron chi connectivity index (χ0n) is 16.4. The first-order valence-corrected chi connectivity index (χ1v) is 9.25. The number of carbonyl (C=O) groups is 1. The van der Waals surface area contributed by atoms with Gasteiger partial charge in [0.1, 0.15) is 11.9 Å². The summed E-state index contributed by atoms with van der Waals surface area (Å²) in [5.41, 5.74) is 3.05. The standard InChI is InChI=1S/C23H25NO4/c1-16-18(15-19-6-4-5-7-20(19)28-16)9-11-23(25)24-13-12-17-8-10-21(26-2)22(14-17)27-3/h4-11,14-16H,12-13H2,1-3H3,(H,24,25)/b11-9+. The Hall–Kier alpha value is -3.21. The third kappa shape index (κ3) is 4.74. The SMILES string of the molecule is COc1ccc(CCNC(=O)/C=C/C2=Cc3ccccc3OC2C)cc1OC. The van der Waals surface area contributed by atoms with Crippen molar-refractivity contribution in [3.63, 3.8) is 0 Å². The van der Waals surface area contributed by atoms with Crippen LogP contribution in [0.15, 0.2) is 60.2 Å². The van der Waals surface area contributed by atoms with Gasteiger partial charge in [-0.25, -0.2) is 0 Å². The third-order valence-corrected chi connectivity index (χ3v) is 4.60. The van der Waals surface area contributed by atoms with Gasteiger partial charge in [0.25, 0.3) is 0 Å². The molecule has 2 aromatic rings. The molecule has 1 unspecified atom stereocenters. The van der Waals surface area contributed by atoms with Crippen molar-refractivity contribution in [1.82, 2.24) is 5.32 Å². The van der Waals surface area contributed by atoms with E-state index in [9.17, 15) is 4.79 Å². The van der Waals surface area contributed by atoms with Crippen LogP contribution in [0, 0.1) is 0 Å². The molecule has 1 N–H and O–H groups in total. The molecule has 0 spiro atoms. The molecule has 1 heterocycles. The van der Waals surface area contributed by atoms with Crippen LogP contribution in [0.25, 0.3) is 6.08 Å². The summed E-state index contributed by atoms with van der Waals surface area (Å²) in [4.78, 5) is 12.1. The molecule has 1 amide bonds. The second-order valence-electron chi connectivity index (χ2n) is 6.51. The van der Waals surface area contributed by atoms with Gasteiger partial charge in [0.05, 0.1) is 14.2 Å². The minimum atomic E-state index is -0.132. The van der Waals surface area contributed by atoms with E-state index in [0.29, 0.717) is 24.5 Å². The number of methoxy groups -OCH3 is 2. The maximum absolute atomic E-state index is 12.1. The molecule has 3 rings (SSSR count). The molecule has 146 valence electrons. The van der Waals surface area contributed by atoms with Crippen molar-refractivity contribution in [2.45, 2.75) is 19.4 Å². The highest BCUT2D eigenvalue weighted by Crippen LogP contribution is 2.30. The van der Waals surface area contributed by atoms with Crippen LogP contribution in [0.4, 0.5) is 0 Å². The van der Waals surface area contributed by atoms with Crippen LogP contribution < -0.4 is 19.5 Å². The van der Waals surface area contributed by atoms with Crippen LogP contribution in [0.5, 0.6) is 17.2 Å². The summed E-state index contributed by atoms with van der Waals surface area (Å²) in [5, 5.41) is 2.90. The molecule has 1 atom stereocenters. The van der Waals surface area contributed by atoms with E-state index in [1.165, 1.54) is 0 Å². The molecule has 1 aliphatic heterocycles. The molecule has 5 heteroatoms. The Morgan fingerprint density at radius 1 is 1.14 bits per heavy atom. The Bertz CT molecular complexity index is 901. The lowest BCUT2D eigenvalue weighted by atomic mass is 10.0. The normalized spacial score (nSPS) is 15.4. The van der Waals surface area contributed by atoms with Gasteiger partial charge in [-0.1, -0.05) is 24.3 Å². The Labute approximate surface area is 165 Å². The van der Waals surface area contributed by atoms with E-state index in [1.807, 2.05) is 55.5 Å². The number of hydrogen-bond donors (Lipinski definition) is 1. The van der Waals surface area contributed by atoms with E-state index in [2.05, 4.69) is 11.4 Å². The molecule has 0 saturated carbocycles. The van der Waals surface area contributed by atoms with E-state index in [0.717, 1.165) is 22.4 Å². The second kappa shape index (κ2) is 9.13. The summed E-state index contributed by atoms with van der Waals surface area (Å²) >= 11 is 0. The van der Waals surface area contributed by atoms with E-state index < -0.39 is 0 Å². The number of hydrogen-bond acceptors (Lipinski definition) is 4. The Kier molecular flexibility index (Phi) is 6.37. The maximum Gasteiger partial charge on any atom is 0.244 e. The maximum atomic E-state index is 12.1. The monoisotopic (exact) mass is 379 g/mol. The molecule has 1 aliphatic rings. The molecule has 0 radical (unpaired) electrons. The fourth-order valence-electron chi connectivity index (χ4n) is 3.04. The van der Waals surface area contributed by atoms with Gasteiger partial charge in [-0.05, 0) is 54.8 Å². The van der Waals surface area contributed by atoms with Crippen LogP contribution in [-0.2, 0) is 11.2 Å². The van der Waals surface area contributed by atoms with Gasteiger partial charge in [-0.2, -0.15) is 0 Å². The predicted octanol–water partition coefficient (Wildman–Crippen LogP) is 3.78. The van der Waals surface area contributed by atoms with Crippen LogP contribution in [0.1, 0.15) is 18.1 Å². The third-order valence-electron chi connectivity index (χ3n) is 4.60. The second-order valence-corrected chi connectivity index (χ2v) is 6.51. The van der Waals surface area contributed by atoms with Crippen molar-refractivity contribution >= 4 is 12.0 Å². The van der Waals surface area contributed by atoms with Gasteiger partial charge in [0.2, 0.25) is 5.91 Å². The van der Waals surface area contributed by atoms with E-state index in [1.54, 1.807) is 20.3 Å². The van der Waals surface area contributed by atoms with E-state index in [-0.39, 0.29) is 12.0 Å². The number of fused-ring (bicyclic) bond motifs is 1. The lowest BCUT2D eigenvalue weighted by Crippen LogP contribution is -2.24. The number of rotatable bonds is 7.